The molecule has 1 N–H and O–H groups in total. The highest BCUT2D eigenvalue weighted by molar-refractivity contribution is 9.10. The fraction of sp³-hybridized carbons (Fsp3) is 0.333. The van der Waals surface area contributed by atoms with Crippen LogP contribution in [0.1, 0.15) is 28.7 Å². The second kappa shape index (κ2) is 6.00. The highest BCUT2D eigenvalue weighted by atomic mass is 79.9. The summed E-state index contributed by atoms with van der Waals surface area (Å²) in [6.45, 7) is 4.66. The van der Waals surface area contributed by atoms with E-state index in [1.807, 2.05) is 6.92 Å². The molecule has 7 heteroatoms. The predicted octanol–water partition coefficient (Wildman–Crippen LogP) is 3.33. The van der Waals surface area contributed by atoms with Crippen molar-refractivity contribution in [3.63, 3.8) is 0 Å². The molecule has 6 nitrogen and oxygen atoms in total. The topological polar surface area (TPSA) is 73.6 Å². The van der Waals surface area contributed by atoms with Gasteiger partial charge in [0.25, 0.3) is 5.91 Å². The van der Waals surface area contributed by atoms with Gasteiger partial charge in [-0.2, -0.15) is 0 Å². The Labute approximate surface area is 135 Å². The first-order valence-corrected chi connectivity index (χ1v) is 7.75. The molecule has 1 aliphatic heterocycles. The molecule has 0 atom stereocenters. The Bertz CT molecular complexity index is 727. The number of carbonyl (C=O) groups is 1. The second-order valence-electron chi connectivity index (χ2n) is 4.84. The molecule has 2 heterocycles. The largest absolute Gasteiger partial charge is 0.486 e. The zero-order valence-corrected chi connectivity index (χ0v) is 13.8. The summed E-state index contributed by atoms with van der Waals surface area (Å²) in [6.07, 6.45) is 0.627. The lowest BCUT2D eigenvalue weighted by Crippen LogP contribution is -2.17. The van der Waals surface area contributed by atoms with Gasteiger partial charge >= 0.3 is 0 Å². The van der Waals surface area contributed by atoms with E-state index in [-0.39, 0.29) is 5.91 Å². The highest BCUT2D eigenvalue weighted by Gasteiger charge is 2.21. The van der Waals surface area contributed by atoms with E-state index >= 15 is 0 Å². The van der Waals surface area contributed by atoms with Gasteiger partial charge in [0.1, 0.15) is 24.5 Å². The van der Waals surface area contributed by atoms with E-state index < -0.39 is 0 Å². The summed E-state index contributed by atoms with van der Waals surface area (Å²) < 4.78 is 16.9. The quantitative estimate of drug-likeness (QED) is 0.901. The summed E-state index contributed by atoms with van der Waals surface area (Å²) in [7, 11) is 0. The third-order valence-corrected chi connectivity index (χ3v) is 4.03. The number of hydrogen-bond donors (Lipinski definition) is 1. The van der Waals surface area contributed by atoms with Crippen molar-refractivity contribution in [3.8, 4) is 11.5 Å². The minimum atomic E-state index is -0.257. The summed E-state index contributed by atoms with van der Waals surface area (Å²) in [5.41, 5.74) is 1.73. The Morgan fingerprint density at radius 1 is 1.32 bits per heavy atom. The van der Waals surface area contributed by atoms with Crippen molar-refractivity contribution in [2.75, 3.05) is 18.5 Å². The molecule has 0 saturated heterocycles. The van der Waals surface area contributed by atoms with Gasteiger partial charge in [0.15, 0.2) is 11.5 Å². The van der Waals surface area contributed by atoms with Crippen LogP contribution in [0.25, 0.3) is 0 Å². The molecule has 1 amide bonds. The summed E-state index contributed by atoms with van der Waals surface area (Å²) in [4.78, 5) is 12.5. The molecule has 1 aromatic carbocycles. The number of ether oxygens (including phenoxy) is 2. The maximum absolute atomic E-state index is 12.5. The number of carbonyl (C=O) groups excluding carboxylic acids is 1. The zero-order chi connectivity index (χ0) is 15.7. The van der Waals surface area contributed by atoms with Crippen LogP contribution in [0.4, 0.5) is 5.69 Å². The van der Waals surface area contributed by atoms with E-state index in [2.05, 4.69) is 26.4 Å². The third kappa shape index (κ3) is 2.68. The Morgan fingerprint density at radius 2 is 2.00 bits per heavy atom. The van der Waals surface area contributed by atoms with Crippen molar-refractivity contribution in [1.82, 2.24) is 5.16 Å². The summed E-state index contributed by atoms with van der Waals surface area (Å²) in [5, 5.41) is 6.75. The van der Waals surface area contributed by atoms with E-state index in [1.165, 1.54) is 0 Å². The van der Waals surface area contributed by atoms with Gasteiger partial charge in [0.05, 0.1) is 11.4 Å². The van der Waals surface area contributed by atoms with Crippen LogP contribution in [0, 0.1) is 6.92 Å². The molecule has 0 fully saturated rings. The van der Waals surface area contributed by atoms with E-state index in [4.69, 9.17) is 14.0 Å². The number of fused-ring (bicyclic) bond motifs is 1. The minimum Gasteiger partial charge on any atom is -0.486 e. The Morgan fingerprint density at radius 3 is 2.68 bits per heavy atom. The molecule has 1 aromatic heterocycles. The molecule has 0 radical (unpaired) electrons. The van der Waals surface area contributed by atoms with Crippen molar-refractivity contribution in [2.45, 2.75) is 20.3 Å². The van der Waals surface area contributed by atoms with Crippen LogP contribution in [-0.2, 0) is 6.42 Å². The molecule has 3 rings (SSSR count). The second-order valence-corrected chi connectivity index (χ2v) is 5.70. The van der Waals surface area contributed by atoms with Gasteiger partial charge < -0.3 is 19.3 Å². The molecule has 2 aromatic rings. The Balaban J connectivity index is 1.89. The Kier molecular flexibility index (Phi) is 4.06. The van der Waals surface area contributed by atoms with E-state index in [9.17, 15) is 4.79 Å². The average molecular weight is 367 g/mol. The van der Waals surface area contributed by atoms with Gasteiger partial charge in [-0.1, -0.05) is 12.1 Å². The molecule has 0 saturated carbocycles. The standard InChI is InChI=1S/C15H15BrN2O4/c1-3-10-14(8(2)22-18-10)15(19)17-11-7-13-12(6-9(11)16)20-4-5-21-13/h6-7H,3-5H2,1-2H3,(H,17,19). The maximum Gasteiger partial charge on any atom is 0.261 e. The maximum atomic E-state index is 12.5. The van der Waals surface area contributed by atoms with Crippen LogP contribution in [0.5, 0.6) is 11.5 Å². The van der Waals surface area contributed by atoms with Gasteiger partial charge in [-0.05, 0) is 29.3 Å². The van der Waals surface area contributed by atoms with Crippen LogP contribution in [0.2, 0.25) is 0 Å². The smallest absolute Gasteiger partial charge is 0.261 e. The van der Waals surface area contributed by atoms with Crippen molar-refractivity contribution in [1.29, 1.82) is 0 Å². The lowest BCUT2D eigenvalue weighted by Gasteiger charge is -2.20. The van der Waals surface area contributed by atoms with Crippen LogP contribution in [0.3, 0.4) is 0 Å². The lowest BCUT2D eigenvalue weighted by molar-refractivity contribution is 0.102. The van der Waals surface area contributed by atoms with Gasteiger partial charge in [-0.3, -0.25) is 4.79 Å². The van der Waals surface area contributed by atoms with Crippen molar-refractivity contribution < 1.29 is 18.8 Å². The van der Waals surface area contributed by atoms with Crippen molar-refractivity contribution in [3.05, 3.63) is 33.6 Å². The van der Waals surface area contributed by atoms with E-state index in [0.717, 1.165) is 4.47 Å². The zero-order valence-electron chi connectivity index (χ0n) is 12.2. The van der Waals surface area contributed by atoms with Crippen LogP contribution >= 0.6 is 15.9 Å². The number of anilines is 1. The Hall–Kier alpha value is -2.02. The highest BCUT2D eigenvalue weighted by Crippen LogP contribution is 2.38. The first-order chi connectivity index (χ1) is 10.6. The molecule has 0 aliphatic carbocycles. The van der Waals surface area contributed by atoms with Crippen LogP contribution in [-0.4, -0.2) is 24.3 Å². The predicted molar refractivity (Wildman–Crippen MR) is 83.7 cm³/mol. The molecule has 0 bridgehead atoms. The van der Waals surface area contributed by atoms with Gasteiger partial charge in [0.2, 0.25) is 0 Å². The van der Waals surface area contributed by atoms with Crippen molar-refractivity contribution >= 4 is 27.5 Å². The number of nitrogens with one attached hydrogen (secondary N) is 1. The number of nitrogens with zero attached hydrogens (tertiary/aromatic N) is 1. The summed E-state index contributed by atoms with van der Waals surface area (Å²) in [5.74, 6) is 1.52. The fourth-order valence-corrected chi connectivity index (χ4v) is 2.72. The third-order valence-electron chi connectivity index (χ3n) is 3.38. The summed E-state index contributed by atoms with van der Waals surface area (Å²) in [6, 6.07) is 3.52. The SMILES string of the molecule is CCc1noc(C)c1C(=O)Nc1cc2c(cc1Br)OCCO2. The van der Waals surface area contributed by atoms with Gasteiger partial charge in [-0.15, -0.1) is 0 Å². The first kappa shape index (κ1) is 14.9. The number of halogens is 1. The average Bonchev–Trinajstić information content (AvgIpc) is 2.89. The monoisotopic (exact) mass is 366 g/mol. The molecule has 0 unspecified atom stereocenters. The number of aryl methyl sites for hydroxylation is 2. The number of aromatic nitrogens is 1. The van der Waals surface area contributed by atoms with Gasteiger partial charge in [0, 0.05) is 16.6 Å². The van der Waals surface area contributed by atoms with E-state index in [0.29, 0.717) is 53.8 Å². The van der Waals surface area contributed by atoms with Crippen molar-refractivity contribution in [2.24, 2.45) is 0 Å². The number of benzene rings is 1. The normalized spacial score (nSPS) is 13.0. The molecule has 0 spiro atoms. The lowest BCUT2D eigenvalue weighted by atomic mass is 10.1. The molecule has 22 heavy (non-hydrogen) atoms. The number of hydrogen-bond acceptors (Lipinski definition) is 5. The fourth-order valence-electron chi connectivity index (χ4n) is 2.29. The number of rotatable bonds is 3. The van der Waals surface area contributed by atoms with Crippen LogP contribution in [0.15, 0.2) is 21.1 Å². The first-order valence-electron chi connectivity index (χ1n) is 6.95. The summed E-state index contributed by atoms with van der Waals surface area (Å²) >= 11 is 3.43. The molecular formula is C15H15BrN2O4. The number of amides is 1. The van der Waals surface area contributed by atoms with Crippen LogP contribution < -0.4 is 14.8 Å². The van der Waals surface area contributed by atoms with E-state index in [1.54, 1.807) is 19.1 Å². The van der Waals surface area contributed by atoms with Gasteiger partial charge in [-0.25, -0.2) is 0 Å². The molecule has 1 aliphatic rings. The minimum absolute atomic E-state index is 0.257. The molecule has 116 valence electrons. The molecular weight excluding hydrogens is 352 g/mol.